The summed E-state index contributed by atoms with van der Waals surface area (Å²) in [5.41, 5.74) is 3.51. The van der Waals surface area contributed by atoms with Crippen molar-refractivity contribution in [2.24, 2.45) is 0 Å². The quantitative estimate of drug-likeness (QED) is 0.477. The van der Waals surface area contributed by atoms with Gasteiger partial charge in [-0.2, -0.15) is 0 Å². The average molecular weight is 437 g/mol. The predicted octanol–water partition coefficient (Wildman–Crippen LogP) is 4.15. The van der Waals surface area contributed by atoms with Crippen LogP contribution in [-0.2, 0) is 17.9 Å². The van der Waals surface area contributed by atoms with Crippen molar-refractivity contribution >= 4 is 40.4 Å². The third kappa shape index (κ3) is 4.10. The number of thiazole rings is 1. The zero-order valence-electron chi connectivity index (χ0n) is 16.6. The summed E-state index contributed by atoms with van der Waals surface area (Å²) in [7, 11) is 1.69. The van der Waals surface area contributed by atoms with Gasteiger partial charge in [0.2, 0.25) is 5.91 Å². The lowest BCUT2D eigenvalue weighted by molar-refractivity contribution is -0.131. The highest BCUT2D eigenvalue weighted by molar-refractivity contribution is 7.73. The number of hydrogen-bond acceptors (Lipinski definition) is 5. The number of aromatic amines is 1. The summed E-state index contributed by atoms with van der Waals surface area (Å²) in [4.78, 5) is 33.9. The van der Waals surface area contributed by atoms with Crippen LogP contribution in [0.5, 0.6) is 0 Å². The molecule has 8 heteroatoms. The largest absolute Gasteiger partial charge is 0.337 e. The number of amides is 1. The maximum absolute atomic E-state index is 12.9. The van der Waals surface area contributed by atoms with Crippen molar-refractivity contribution in [3.05, 3.63) is 79.6 Å². The number of H-pyrrole nitrogens is 1. The Morgan fingerprint density at radius 2 is 1.93 bits per heavy atom. The molecule has 0 aliphatic rings. The maximum atomic E-state index is 12.9. The lowest BCUT2D eigenvalue weighted by Gasteiger charge is -2.18. The third-order valence-electron chi connectivity index (χ3n) is 4.90. The van der Waals surface area contributed by atoms with E-state index in [9.17, 15) is 9.59 Å². The Morgan fingerprint density at radius 1 is 1.20 bits per heavy atom. The van der Waals surface area contributed by atoms with Crippen molar-refractivity contribution in [2.75, 3.05) is 7.05 Å². The van der Waals surface area contributed by atoms with Crippen molar-refractivity contribution in [1.82, 2.24) is 19.4 Å². The van der Waals surface area contributed by atoms with Crippen LogP contribution in [0, 0.1) is 10.9 Å². The normalized spacial score (nSPS) is 11.0. The molecule has 2 heterocycles. The minimum absolute atomic E-state index is 0.117. The molecule has 6 nitrogen and oxygen atoms in total. The third-order valence-corrected chi connectivity index (χ3v) is 6.17. The highest BCUT2D eigenvalue weighted by Gasteiger charge is 2.16. The number of likely N-dealkylation sites (N-methyl/N-ethyl adjacent to an activating group) is 1. The van der Waals surface area contributed by atoms with Gasteiger partial charge in [0.05, 0.1) is 23.1 Å². The molecule has 30 heavy (non-hydrogen) atoms. The van der Waals surface area contributed by atoms with Crippen molar-refractivity contribution < 1.29 is 4.79 Å². The Labute approximate surface area is 182 Å². The van der Waals surface area contributed by atoms with Crippen LogP contribution in [0.3, 0.4) is 0 Å². The van der Waals surface area contributed by atoms with Crippen molar-refractivity contribution in [2.45, 2.75) is 20.0 Å². The number of nitrogens with one attached hydrogen (secondary N) is 1. The number of nitrogens with zero attached hydrogens (tertiary/aromatic N) is 3. The molecule has 152 valence electrons. The summed E-state index contributed by atoms with van der Waals surface area (Å²) in [5, 5.41) is 2.50. The van der Waals surface area contributed by atoms with E-state index in [0.29, 0.717) is 20.7 Å². The maximum Gasteiger partial charge on any atom is 0.258 e. The van der Waals surface area contributed by atoms with Crippen LogP contribution >= 0.6 is 23.6 Å². The van der Waals surface area contributed by atoms with Gasteiger partial charge in [0, 0.05) is 12.4 Å². The summed E-state index contributed by atoms with van der Waals surface area (Å²) in [6.07, 6.45) is 0. The van der Waals surface area contributed by atoms with Gasteiger partial charge in [-0.25, -0.2) is 4.98 Å². The first-order valence-electron chi connectivity index (χ1n) is 9.39. The van der Waals surface area contributed by atoms with Crippen LogP contribution in [0.2, 0.25) is 0 Å². The monoisotopic (exact) mass is 436 g/mol. The Kier molecular flexibility index (Phi) is 5.61. The Morgan fingerprint density at radius 3 is 2.70 bits per heavy atom. The molecule has 0 radical (unpaired) electrons. The SMILES string of the molecule is Cc1ccc(-c2csc(=S)n2CC(=O)N(C)Cc2nc3ccccc3c(=O)[nH]2)cc1. The number of para-hydroxylation sites is 1. The van der Waals surface area contributed by atoms with E-state index in [4.69, 9.17) is 12.2 Å². The fourth-order valence-corrected chi connectivity index (χ4v) is 4.28. The van der Waals surface area contributed by atoms with Crippen molar-refractivity contribution in [3.63, 3.8) is 0 Å². The molecule has 4 aromatic rings. The lowest BCUT2D eigenvalue weighted by atomic mass is 10.1. The molecule has 0 spiro atoms. The summed E-state index contributed by atoms with van der Waals surface area (Å²) in [5.74, 6) is 0.330. The van der Waals surface area contributed by atoms with Gasteiger partial charge >= 0.3 is 0 Å². The Hall–Kier alpha value is -3.10. The van der Waals surface area contributed by atoms with E-state index in [-0.39, 0.29) is 24.6 Å². The van der Waals surface area contributed by atoms with Crippen LogP contribution in [0.4, 0.5) is 0 Å². The molecule has 0 unspecified atom stereocenters. The second kappa shape index (κ2) is 8.33. The van der Waals surface area contributed by atoms with E-state index in [1.54, 1.807) is 30.1 Å². The van der Waals surface area contributed by atoms with Crippen LogP contribution in [0.1, 0.15) is 11.4 Å². The first kappa shape index (κ1) is 20.2. The van der Waals surface area contributed by atoms with E-state index in [2.05, 4.69) is 9.97 Å². The first-order chi connectivity index (χ1) is 14.4. The van der Waals surface area contributed by atoms with E-state index in [0.717, 1.165) is 11.3 Å². The molecule has 2 aromatic carbocycles. The lowest BCUT2D eigenvalue weighted by Crippen LogP contribution is -2.31. The molecule has 0 aliphatic carbocycles. The van der Waals surface area contributed by atoms with Gasteiger partial charge < -0.3 is 14.5 Å². The van der Waals surface area contributed by atoms with Crippen LogP contribution < -0.4 is 5.56 Å². The molecule has 4 rings (SSSR count). The molecular formula is C22H20N4O2S2. The molecule has 1 N–H and O–H groups in total. The highest BCUT2D eigenvalue weighted by Crippen LogP contribution is 2.24. The van der Waals surface area contributed by atoms with Gasteiger partial charge in [0.15, 0.2) is 3.95 Å². The second-order valence-electron chi connectivity index (χ2n) is 7.12. The molecule has 0 atom stereocenters. The van der Waals surface area contributed by atoms with Gasteiger partial charge in [0.25, 0.3) is 5.56 Å². The second-order valence-corrected chi connectivity index (χ2v) is 8.62. The summed E-state index contributed by atoms with van der Waals surface area (Å²) < 4.78 is 2.49. The van der Waals surface area contributed by atoms with Crippen LogP contribution in [0.25, 0.3) is 22.2 Å². The average Bonchev–Trinajstić information content (AvgIpc) is 3.09. The van der Waals surface area contributed by atoms with E-state index >= 15 is 0 Å². The number of carbonyl (C=O) groups is 1. The molecule has 0 saturated carbocycles. The summed E-state index contributed by atoms with van der Waals surface area (Å²) >= 11 is 6.89. The smallest absolute Gasteiger partial charge is 0.258 e. The van der Waals surface area contributed by atoms with Gasteiger partial charge in [-0.1, -0.05) is 42.0 Å². The van der Waals surface area contributed by atoms with E-state index in [1.165, 1.54) is 16.9 Å². The standard InChI is InChI=1S/C22H20N4O2S2/c1-14-7-9-15(10-8-14)18-13-30-22(29)26(18)12-20(27)25(2)11-19-23-17-6-4-3-5-16(17)21(28)24-19/h3-10,13H,11-12H2,1-2H3,(H,23,24,28). The van der Waals surface area contributed by atoms with E-state index < -0.39 is 0 Å². The van der Waals surface area contributed by atoms with Crippen LogP contribution in [0.15, 0.2) is 58.7 Å². The Balaban J connectivity index is 1.55. The zero-order valence-corrected chi connectivity index (χ0v) is 18.2. The molecule has 2 aromatic heterocycles. The Bertz CT molecular complexity index is 1340. The number of hydrogen-bond donors (Lipinski definition) is 1. The number of aryl methyl sites for hydroxylation is 1. The van der Waals surface area contributed by atoms with Crippen molar-refractivity contribution in [1.29, 1.82) is 0 Å². The molecular weight excluding hydrogens is 416 g/mol. The fourth-order valence-electron chi connectivity index (χ4n) is 3.21. The topological polar surface area (TPSA) is 71.0 Å². The molecule has 0 aliphatic heterocycles. The first-order valence-corrected chi connectivity index (χ1v) is 10.7. The van der Waals surface area contributed by atoms with Gasteiger partial charge in [0.1, 0.15) is 12.4 Å². The van der Waals surface area contributed by atoms with Crippen molar-refractivity contribution in [3.8, 4) is 11.3 Å². The van der Waals surface area contributed by atoms with Gasteiger partial charge in [-0.15, -0.1) is 11.3 Å². The fraction of sp³-hybridized carbons (Fsp3) is 0.182. The molecule has 1 amide bonds. The van der Waals surface area contributed by atoms with Gasteiger partial charge in [-0.3, -0.25) is 9.59 Å². The molecule has 0 saturated heterocycles. The highest BCUT2D eigenvalue weighted by atomic mass is 32.1. The minimum Gasteiger partial charge on any atom is -0.337 e. The summed E-state index contributed by atoms with van der Waals surface area (Å²) in [6.45, 7) is 2.36. The number of rotatable bonds is 5. The predicted molar refractivity (Wildman–Crippen MR) is 122 cm³/mol. The van der Waals surface area contributed by atoms with E-state index in [1.807, 2.05) is 47.2 Å². The number of benzene rings is 2. The van der Waals surface area contributed by atoms with Gasteiger partial charge in [-0.05, 0) is 36.8 Å². The summed E-state index contributed by atoms with van der Waals surface area (Å²) in [6, 6.07) is 15.3. The number of carbonyl (C=O) groups excluding carboxylic acids is 1. The molecule has 0 fully saturated rings. The zero-order chi connectivity index (χ0) is 21.3. The minimum atomic E-state index is -0.210. The van der Waals surface area contributed by atoms with Crippen LogP contribution in [-0.4, -0.2) is 32.4 Å². The number of aromatic nitrogens is 3. The molecule has 0 bridgehead atoms. The number of fused-ring (bicyclic) bond motifs is 1.